The fourth-order valence-corrected chi connectivity index (χ4v) is 3.23. The van der Waals surface area contributed by atoms with Crippen LogP contribution in [0.1, 0.15) is 33.1 Å². The zero-order valence-corrected chi connectivity index (χ0v) is 11.9. The molecule has 2 rings (SSSR count). The minimum absolute atomic E-state index is 0.143. The molecule has 1 aliphatic carbocycles. The fourth-order valence-electron chi connectivity index (χ4n) is 2.15. The van der Waals surface area contributed by atoms with Crippen LogP contribution in [-0.4, -0.2) is 20.7 Å². The maximum Gasteiger partial charge on any atom is 0.180 e. The average Bonchev–Trinajstić information content (AvgIpc) is 3.17. The number of hydrogen-bond donors (Lipinski definition) is 1. The molecule has 100 valence electrons. The van der Waals surface area contributed by atoms with Crippen LogP contribution in [0.5, 0.6) is 0 Å². The molecule has 1 aromatic rings. The number of benzene rings is 1. The van der Waals surface area contributed by atoms with Gasteiger partial charge in [-0.2, -0.15) is 0 Å². The van der Waals surface area contributed by atoms with Crippen LogP contribution in [0.2, 0.25) is 0 Å². The molecule has 0 spiro atoms. The minimum Gasteiger partial charge on any atom is -0.383 e. The topological polar surface area (TPSA) is 46.2 Å². The Morgan fingerprint density at radius 3 is 2.44 bits per heavy atom. The lowest BCUT2D eigenvalue weighted by Gasteiger charge is -2.16. The zero-order chi connectivity index (χ0) is 13.2. The van der Waals surface area contributed by atoms with E-state index in [2.05, 4.69) is 12.2 Å². The van der Waals surface area contributed by atoms with Gasteiger partial charge < -0.3 is 5.32 Å². The molecule has 0 bridgehead atoms. The summed E-state index contributed by atoms with van der Waals surface area (Å²) in [5, 5.41) is 3.33. The normalized spacial score (nSPS) is 17.4. The first-order valence-electron chi connectivity index (χ1n) is 6.59. The van der Waals surface area contributed by atoms with Crippen molar-refractivity contribution in [3.63, 3.8) is 0 Å². The summed E-state index contributed by atoms with van der Waals surface area (Å²) < 4.78 is 24.0. The number of anilines is 1. The van der Waals surface area contributed by atoms with Crippen molar-refractivity contribution in [2.75, 3.05) is 17.6 Å². The van der Waals surface area contributed by atoms with Crippen molar-refractivity contribution in [1.82, 2.24) is 0 Å². The van der Waals surface area contributed by atoms with Crippen molar-refractivity contribution in [1.29, 1.82) is 0 Å². The lowest BCUT2D eigenvalue weighted by molar-refractivity contribution is 0.521. The molecule has 1 N–H and O–H groups in total. The van der Waals surface area contributed by atoms with Gasteiger partial charge in [0.05, 0.1) is 16.3 Å². The second-order valence-corrected chi connectivity index (χ2v) is 7.35. The third-order valence-electron chi connectivity index (χ3n) is 3.96. The van der Waals surface area contributed by atoms with Crippen LogP contribution in [0.4, 0.5) is 5.69 Å². The maximum atomic E-state index is 12.0. The Morgan fingerprint density at radius 2 is 1.89 bits per heavy atom. The predicted octanol–water partition coefficient (Wildman–Crippen LogP) is 3.08. The summed E-state index contributed by atoms with van der Waals surface area (Å²) in [6.07, 6.45) is 3.65. The molecule has 0 amide bonds. The van der Waals surface area contributed by atoms with Gasteiger partial charge in [-0.15, -0.1) is 0 Å². The van der Waals surface area contributed by atoms with Crippen LogP contribution < -0.4 is 5.32 Å². The van der Waals surface area contributed by atoms with E-state index in [9.17, 15) is 8.42 Å². The van der Waals surface area contributed by atoms with E-state index in [1.807, 2.05) is 12.1 Å². The number of sulfone groups is 1. The van der Waals surface area contributed by atoms with E-state index in [1.165, 1.54) is 12.8 Å². The predicted molar refractivity (Wildman–Crippen MR) is 74.6 cm³/mol. The van der Waals surface area contributed by atoms with E-state index in [0.717, 1.165) is 18.7 Å². The Balaban J connectivity index is 2.18. The molecule has 1 aliphatic rings. The third-order valence-corrected chi connectivity index (χ3v) is 5.75. The van der Waals surface area contributed by atoms with E-state index in [-0.39, 0.29) is 5.75 Å². The smallest absolute Gasteiger partial charge is 0.180 e. The summed E-state index contributed by atoms with van der Waals surface area (Å²) >= 11 is 0. The molecule has 0 saturated heterocycles. The molecule has 0 atom stereocenters. The summed E-state index contributed by atoms with van der Waals surface area (Å²) in [4.78, 5) is 0.430. The van der Waals surface area contributed by atoms with Gasteiger partial charge in [-0.25, -0.2) is 8.42 Å². The number of hydrogen-bond acceptors (Lipinski definition) is 3. The first kappa shape index (κ1) is 13.4. The Kier molecular flexibility index (Phi) is 3.66. The van der Waals surface area contributed by atoms with E-state index < -0.39 is 9.84 Å². The van der Waals surface area contributed by atoms with Gasteiger partial charge in [0.25, 0.3) is 0 Å². The van der Waals surface area contributed by atoms with Crippen LogP contribution in [0.15, 0.2) is 29.2 Å². The Morgan fingerprint density at radius 1 is 1.22 bits per heavy atom. The molecule has 1 aromatic carbocycles. The molecule has 0 heterocycles. The molecule has 0 unspecified atom stereocenters. The van der Waals surface area contributed by atoms with E-state index in [0.29, 0.717) is 10.3 Å². The summed E-state index contributed by atoms with van der Waals surface area (Å²) in [5.41, 5.74) is 1.15. The van der Waals surface area contributed by atoms with Crippen LogP contribution in [0.25, 0.3) is 0 Å². The summed E-state index contributed by atoms with van der Waals surface area (Å²) in [7, 11) is -3.15. The van der Waals surface area contributed by atoms with Gasteiger partial charge in [0.1, 0.15) is 0 Å². The fraction of sp³-hybridized carbons (Fsp3) is 0.571. The Labute approximate surface area is 110 Å². The third kappa shape index (κ3) is 2.69. The van der Waals surface area contributed by atoms with Gasteiger partial charge in [0.2, 0.25) is 0 Å². The highest BCUT2D eigenvalue weighted by atomic mass is 32.2. The molecule has 1 saturated carbocycles. The summed E-state index contributed by atoms with van der Waals surface area (Å²) in [6.45, 7) is 4.75. The number of nitrogens with one attached hydrogen (secondary N) is 1. The minimum atomic E-state index is -3.15. The van der Waals surface area contributed by atoms with Gasteiger partial charge in [0.15, 0.2) is 9.84 Å². The highest BCUT2D eigenvalue weighted by Gasteiger charge is 2.40. The highest BCUT2D eigenvalue weighted by Crippen LogP contribution is 2.48. The molecular weight excluding hydrogens is 246 g/mol. The molecule has 18 heavy (non-hydrogen) atoms. The van der Waals surface area contributed by atoms with Crippen LogP contribution in [-0.2, 0) is 9.84 Å². The van der Waals surface area contributed by atoms with Gasteiger partial charge >= 0.3 is 0 Å². The first-order valence-corrected chi connectivity index (χ1v) is 8.24. The van der Waals surface area contributed by atoms with Crippen molar-refractivity contribution in [3.8, 4) is 0 Å². The highest BCUT2D eigenvalue weighted by molar-refractivity contribution is 7.91. The largest absolute Gasteiger partial charge is 0.383 e. The molecule has 4 heteroatoms. The number of rotatable bonds is 6. The summed E-state index contributed by atoms with van der Waals surface area (Å²) in [5.74, 6) is 0.143. The van der Waals surface area contributed by atoms with Gasteiger partial charge in [-0.3, -0.25) is 0 Å². The molecule has 3 nitrogen and oxygen atoms in total. The monoisotopic (exact) mass is 267 g/mol. The van der Waals surface area contributed by atoms with Gasteiger partial charge in [0, 0.05) is 6.54 Å². The standard InChI is InChI=1S/C14H21NO2S/c1-3-14(9-10-14)11-15-12-7-5-6-8-13(12)18(16,17)4-2/h5-8,15H,3-4,9-11H2,1-2H3. The Hall–Kier alpha value is -1.03. The van der Waals surface area contributed by atoms with Crippen LogP contribution in [0, 0.1) is 5.41 Å². The van der Waals surface area contributed by atoms with Gasteiger partial charge in [-0.05, 0) is 36.8 Å². The van der Waals surface area contributed by atoms with E-state index in [1.54, 1.807) is 19.1 Å². The summed E-state index contributed by atoms with van der Waals surface area (Å²) in [6, 6.07) is 7.20. The van der Waals surface area contributed by atoms with Crippen LogP contribution >= 0.6 is 0 Å². The number of para-hydroxylation sites is 1. The first-order chi connectivity index (χ1) is 8.53. The molecule has 0 radical (unpaired) electrons. The molecular formula is C14H21NO2S. The quantitative estimate of drug-likeness (QED) is 0.861. The second-order valence-electron chi connectivity index (χ2n) is 5.11. The lowest BCUT2D eigenvalue weighted by atomic mass is 10.0. The van der Waals surface area contributed by atoms with E-state index in [4.69, 9.17) is 0 Å². The van der Waals surface area contributed by atoms with Crippen molar-refractivity contribution in [2.24, 2.45) is 5.41 Å². The van der Waals surface area contributed by atoms with E-state index >= 15 is 0 Å². The lowest BCUT2D eigenvalue weighted by Crippen LogP contribution is -2.16. The van der Waals surface area contributed by atoms with Crippen molar-refractivity contribution < 1.29 is 8.42 Å². The zero-order valence-electron chi connectivity index (χ0n) is 11.1. The molecule has 1 fully saturated rings. The van der Waals surface area contributed by atoms with Crippen molar-refractivity contribution >= 4 is 15.5 Å². The maximum absolute atomic E-state index is 12.0. The van der Waals surface area contributed by atoms with Crippen molar-refractivity contribution in [2.45, 2.75) is 38.0 Å². The molecule has 0 aromatic heterocycles. The second kappa shape index (κ2) is 4.92. The SMILES string of the molecule is CCC1(CNc2ccccc2S(=O)(=O)CC)CC1. The van der Waals surface area contributed by atoms with Gasteiger partial charge in [-0.1, -0.05) is 26.0 Å². The molecule has 0 aliphatic heterocycles. The Bertz CT molecular complexity index is 518. The van der Waals surface area contributed by atoms with Crippen molar-refractivity contribution in [3.05, 3.63) is 24.3 Å². The average molecular weight is 267 g/mol. The van der Waals surface area contributed by atoms with Crippen LogP contribution in [0.3, 0.4) is 0 Å².